The summed E-state index contributed by atoms with van der Waals surface area (Å²) < 4.78 is 1.32. The zero-order valence-electron chi connectivity index (χ0n) is 11.9. The van der Waals surface area contributed by atoms with E-state index in [9.17, 15) is 0 Å². The molecule has 0 aliphatic heterocycles. The molecule has 0 heterocycles. The van der Waals surface area contributed by atoms with Crippen molar-refractivity contribution in [3.63, 3.8) is 0 Å². The summed E-state index contributed by atoms with van der Waals surface area (Å²) in [5, 5.41) is 5.62. The molecular formula is C18H20Sn. The van der Waals surface area contributed by atoms with Gasteiger partial charge in [-0.2, -0.15) is 0 Å². The first-order valence-corrected chi connectivity index (χ1v) is 17.5. The van der Waals surface area contributed by atoms with Crippen molar-refractivity contribution in [3.05, 3.63) is 60.2 Å². The summed E-state index contributed by atoms with van der Waals surface area (Å²) >= 11 is -1.83. The van der Waals surface area contributed by atoms with E-state index < -0.39 is 18.4 Å². The third-order valence-electron chi connectivity index (χ3n) is 3.57. The molecule has 0 bridgehead atoms. The molecule has 0 nitrogen and oxygen atoms in total. The van der Waals surface area contributed by atoms with E-state index in [0.717, 1.165) is 0 Å². The Labute approximate surface area is 119 Å². The van der Waals surface area contributed by atoms with Gasteiger partial charge in [0.05, 0.1) is 0 Å². The predicted octanol–water partition coefficient (Wildman–Crippen LogP) is 5.41. The summed E-state index contributed by atoms with van der Waals surface area (Å²) in [7, 11) is 0. The van der Waals surface area contributed by atoms with E-state index >= 15 is 0 Å². The van der Waals surface area contributed by atoms with Crippen LogP contribution < -0.4 is 0 Å². The fourth-order valence-electron chi connectivity index (χ4n) is 2.85. The van der Waals surface area contributed by atoms with Crippen molar-refractivity contribution in [1.82, 2.24) is 0 Å². The molecule has 0 N–H and O–H groups in total. The van der Waals surface area contributed by atoms with E-state index in [1.807, 2.05) is 0 Å². The maximum absolute atomic E-state index is 2.51. The first kappa shape index (κ1) is 13.0. The molecule has 0 unspecified atom stereocenters. The standard InChI is InChI=1S/C15H11.3CH3.Sn/c1-11-10-12-6-2-3-8-14(12)15-9-5-4-7-13(11)15;;;;/h2-10H,1H2;3*1H3;. The van der Waals surface area contributed by atoms with Crippen LogP contribution in [0, 0.1) is 0 Å². The van der Waals surface area contributed by atoms with Gasteiger partial charge in [-0.15, -0.1) is 0 Å². The topological polar surface area (TPSA) is 0 Å². The quantitative estimate of drug-likeness (QED) is 0.426. The normalized spacial score (nSPS) is 12.2. The number of fused-ring (bicyclic) bond motifs is 3. The number of hydrogen-bond donors (Lipinski definition) is 0. The van der Waals surface area contributed by atoms with Gasteiger partial charge in [0.25, 0.3) is 0 Å². The van der Waals surface area contributed by atoms with Crippen LogP contribution in [0.15, 0.2) is 54.6 Å². The van der Waals surface area contributed by atoms with E-state index in [4.69, 9.17) is 0 Å². The second-order valence-corrected chi connectivity index (χ2v) is 22.2. The van der Waals surface area contributed by atoms with Crippen LogP contribution in [0.1, 0.15) is 5.56 Å². The molecule has 0 radical (unpaired) electrons. The van der Waals surface area contributed by atoms with Crippen molar-refractivity contribution >= 4 is 39.9 Å². The Hall–Kier alpha value is -1.02. The summed E-state index contributed by atoms with van der Waals surface area (Å²) in [6, 6.07) is 20.0. The fourth-order valence-corrected chi connectivity index (χ4v) is 6.95. The average Bonchev–Trinajstić information content (AvgIpc) is 2.37. The minimum atomic E-state index is -1.83. The molecule has 0 fully saturated rings. The van der Waals surface area contributed by atoms with Crippen LogP contribution >= 0.6 is 0 Å². The van der Waals surface area contributed by atoms with E-state index in [-0.39, 0.29) is 0 Å². The Kier molecular flexibility index (Phi) is 3.30. The molecule has 3 aromatic rings. The van der Waals surface area contributed by atoms with E-state index in [2.05, 4.69) is 69.4 Å². The molecule has 1 heteroatoms. The summed E-state index contributed by atoms with van der Waals surface area (Å²) in [6.45, 7) is 0. The molecule has 0 aliphatic carbocycles. The molecule has 19 heavy (non-hydrogen) atoms. The van der Waals surface area contributed by atoms with Gasteiger partial charge in [0.15, 0.2) is 0 Å². The van der Waals surface area contributed by atoms with Gasteiger partial charge in [0.2, 0.25) is 0 Å². The molecule has 0 saturated heterocycles. The molecule has 0 spiro atoms. The number of rotatable bonds is 2. The van der Waals surface area contributed by atoms with Gasteiger partial charge < -0.3 is 0 Å². The van der Waals surface area contributed by atoms with Crippen molar-refractivity contribution in [2.24, 2.45) is 0 Å². The fraction of sp³-hybridized carbons (Fsp3) is 0.222. The van der Waals surface area contributed by atoms with Crippen LogP contribution in [-0.2, 0) is 4.44 Å². The van der Waals surface area contributed by atoms with Crippen molar-refractivity contribution in [2.75, 3.05) is 0 Å². The molecule has 0 amide bonds. The van der Waals surface area contributed by atoms with Crippen molar-refractivity contribution in [2.45, 2.75) is 19.3 Å². The monoisotopic (exact) mass is 356 g/mol. The maximum atomic E-state index is 2.51. The van der Waals surface area contributed by atoms with Crippen LogP contribution in [0.3, 0.4) is 0 Å². The first-order chi connectivity index (χ1) is 9.04. The SMILES string of the molecule is [CH3][Sn]([CH3])([CH3])[CH2]c1cc2ccccc2c2ccccc12. The van der Waals surface area contributed by atoms with Crippen molar-refractivity contribution in [1.29, 1.82) is 0 Å². The second kappa shape index (κ2) is 4.82. The third kappa shape index (κ3) is 2.64. The molecule has 96 valence electrons. The van der Waals surface area contributed by atoms with E-state index in [0.29, 0.717) is 0 Å². The van der Waals surface area contributed by atoms with E-state index in [1.54, 1.807) is 5.56 Å². The molecule has 0 aromatic heterocycles. The summed E-state index contributed by atoms with van der Waals surface area (Å²) in [6.07, 6.45) is 0. The van der Waals surface area contributed by atoms with Crippen LogP contribution in [0.2, 0.25) is 14.8 Å². The second-order valence-electron chi connectivity index (χ2n) is 6.54. The van der Waals surface area contributed by atoms with Gasteiger partial charge in [0.1, 0.15) is 0 Å². The molecule has 3 rings (SSSR count). The van der Waals surface area contributed by atoms with Crippen LogP contribution in [0.5, 0.6) is 0 Å². The number of benzene rings is 3. The Balaban J connectivity index is 2.36. The Morgan fingerprint density at radius 3 is 2.00 bits per heavy atom. The predicted molar refractivity (Wildman–Crippen MR) is 88.5 cm³/mol. The van der Waals surface area contributed by atoms with Gasteiger partial charge in [-0.05, 0) is 0 Å². The molecule has 0 saturated carbocycles. The molecular weight excluding hydrogens is 335 g/mol. The first-order valence-electron chi connectivity index (χ1n) is 6.94. The van der Waals surface area contributed by atoms with Gasteiger partial charge in [-0.25, -0.2) is 0 Å². The zero-order chi connectivity index (χ0) is 13.5. The Bertz CT molecular complexity index is 735. The number of hydrogen-bond acceptors (Lipinski definition) is 0. The van der Waals surface area contributed by atoms with Gasteiger partial charge in [0, 0.05) is 0 Å². The average molecular weight is 355 g/mol. The minimum absolute atomic E-state index is 1.32. The van der Waals surface area contributed by atoms with Crippen molar-refractivity contribution < 1.29 is 0 Å². The van der Waals surface area contributed by atoms with Crippen LogP contribution in [-0.4, -0.2) is 18.4 Å². The van der Waals surface area contributed by atoms with Gasteiger partial charge in [-0.3, -0.25) is 0 Å². The zero-order valence-corrected chi connectivity index (χ0v) is 14.8. The molecule has 0 atom stereocenters. The van der Waals surface area contributed by atoms with E-state index in [1.165, 1.54) is 26.0 Å². The van der Waals surface area contributed by atoms with Crippen LogP contribution in [0.4, 0.5) is 0 Å². The van der Waals surface area contributed by atoms with Gasteiger partial charge in [-0.1, -0.05) is 0 Å². The summed E-state index contributed by atoms with van der Waals surface area (Å²) in [5.41, 5.74) is 1.55. The third-order valence-corrected chi connectivity index (χ3v) is 7.69. The van der Waals surface area contributed by atoms with Crippen molar-refractivity contribution in [3.8, 4) is 0 Å². The molecule has 3 aromatic carbocycles. The molecule has 0 aliphatic rings. The van der Waals surface area contributed by atoms with Gasteiger partial charge >= 0.3 is 119 Å². The Morgan fingerprint density at radius 2 is 1.32 bits per heavy atom. The van der Waals surface area contributed by atoms with Crippen LogP contribution in [0.25, 0.3) is 21.5 Å². The Morgan fingerprint density at radius 1 is 0.737 bits per heavy atom. The summed E-state index contributed by atoms with van der Waals surface area (Å²) in [5.74, 6) is 0. The summed E-state index contributed by atoms with van der Waals surface area (Å²) in [4.78, 5) is 7.54.